The number of thiazole rings is 1. The number of halogens is 1. The Bertz CT molecular complexity index is 924. The Kier molecular flexibility index (Phi) is 6.76. The van der Waals surface area contributed by atoms with Crippen molar-refractivity contribution < 1.29 is 13.9 Å². The van der Waals surface area contributed by atoms with Crippen LogP contribution in [0, 0.1) is 19.7 Å². The van der Waals surface area contributed by atoms with Crippen molar-refractivity contribution >= 4 is 22.9 Å². The molecule has 0 fully saturated rings. The van der Waals surface area contributed by atoms with E-state index in [4.69, 9.17) is 4.74 Å². The summed E-state index contributed by atoms with van der Waals surface area (Å²) in [5.74, 6) is 0.473. The largest absolute Gasteiger partial charge is 0.493 e. The van der Waals surface area contributed by atoms with Gasteiger partial charge in [-0.2, -0.15) is 0 Å². The number of para-hydroxylation sites is 1. The standard InChI is InChI=1S/C22H23FN2O2S/c1-16-6-3-4-7-21(16)27-13-5-8-22(26)25(14-19-15-28-17(2)24-19)20-11-9-18(23)10-12-20/h3-4,6-7,9-12,15H,5,8,13-14H2,1-2H3. The summed E-state index contributed by atoms with van der Waals surface area (Å²) in [7, 11) is 0. The lowest BCUT2D eigenvalue weighted by Crippen LogP contribution is -2.30. The van der Waals surface area contributed by atoms with E-state index in [2.05, 4.69) is 4.98 Å². The van der Waals surface area contributed by atoms with Crippen LogP contribution in [-0.2, 0) is 11.3 Å². The molecule has 0 radical (unpaired) electrons. The van der Waals surface area contributed by atoms with Crippen molar-refractivity contribution in [2.24, 2.45) is 0 Å². The van der Waals surface area contributed by atoms with Gasteiger partial charge < -0.3 is 9.64 Å². The molecule has 1 heterocycles. The Morgan fingerprint density at radius 1 is 1.14 bits per heavy atom. The number of nitrogens with zero attached hydrogens (tertiary/aromatic N) is 2. The van der Waals surface area contributed by atoms with Crippen LogP contribution >= 0.6 is 11.3 Å². The maximum atomic E-state index is 13.3. The number of ether oxygens (including phenoxy) is 1. The third-order valence-corrected chi connectivity index (χ3v) is 5.13. The van der Waals surface area contributed by atoms with Gasteiger partial charge in [0.25, 0.3) is 0 Å². The highest BCUT2D eigenvalue weighted by molar-refractivity contribution is 7.09. The third kappa shape index (κ3) is 5.39. The van der Waals surface area contributed by atoms with Crippen molar-refractivity contribution in [3.8, 4) is 5.75 Å². The molecule has 2 aromatic carbocycles. The summed E-state index contributed by atoms with van der Waals surface area (Å²) in [6, 6.07) is 13.8. The van der Waals surface area contributed by atoms with E-state index in [0.29, 0.717) is 31.7 Å². The molecule has 0 spiro atoms. The molecule has 28 heavy (non-hydrogen) atoms. The van der Waals surface area contributed by atoms with Gasteiger partial charge >= 0.3 is 0 Å². The van der Waals surface area contributed by atoms with Crippen LogP contribution < -0.4 is 9.64 Å². The third-order valence-electron chi connectivity index (χ3n) is 4.31. The summed E-state index contributed by atoms with van der Waals surface area (Å²) in [5, 5.41) is 2.90. The van der Waals surface area contributed by atoms with Crippen molar-refractivity contribution in [2.45, 2.75) is 33.2 Å². The molecule has 3 rings (SSSR count). The molecule has 0 saturated heterocycles. The highest BCUT2D eigenvalue weighted by atomic mass is 32.1. The predicted molar refractivity (Wildman–Crippen MR) is 110 cm³/mol. The molecule has 3 aromatic rings. The van der Waals surface area contributed by atoms with Crippen molar-refractivity contribution in [3.05, 3.63) is 76.0 Å². The van der Waals surface area contributed by atoms with Gasteiger partial charge in [-0.15, -0.1) is 11.3 Å². The van der Waals surface area contributed by atoms with Gasteiger partial charge in [0, 0.05) is 17.5 Å². The van der Waals surface area contributed by atoms with E-state index in [1.807, 2.05) is 43.5 Å². The van der Waals surface area contributed by atoms with Gasteiger partial charge in [-0.3, -0.25) is 4.79 Å². The number of hydrogen-bond acceptors (Lipinski definition) is 4. The summed E-state index contributed by atoms with van der Waals surface area (Å²) in [6.45, 7) is 4.75. The Morgan fingerprint density at radius 3 is 2.57 bits per heavy atom. The topological polar surface area (TPSA) is 42.4 Å². The molecule has 0 aliphatic heterocycles. The summed E-state index contributed by atoms with van der Waals surface area (Å²) >= 11 is 1.55. The number of amides is 1. The SMILES string of the molecule is Cc1nc(CN(C(=O)CCCOc2ccccc2C)c2ccc(F)cc2)cs1. The Labute approximate surface area is 168 Å². The minimum atomic E-state index is -0.327. The zero-order valence-electron chi connectivity index (χ0n) is 16.0. The molecule has 0 N–H and O–H groups in total. The van der Waals surface area contributed by atoms with Crippen molar-refractivity contribution in [1.29, 1.82) is 0 Å². The number of anilines is 1. The molecular weight excluding hydrogens is 375 g/mol. The maximum absolute atomic E-state index is 13.3. The second kappa shape index (κ2) is 9.46. The predicted octanol–water partition coefficient (Wildman–Crippen LogP) is 5.29. The van der Waals surface area contributed by atoms with E-state index in [-0.39, 0.29) is 11.7 Å². The minimum absolute atomic E-state index is 0.0364. The number of benzene rings is 2. The van der Waals surface area contributed by atoms with Crippen LogP contribution in [0.15, 0.2) is 53.9 Å². The number of aryl methyl sites for hydroxylation is 2. The van der Waals surface area contributed by atoms with Gasteiger partial charge in [-0.1, -0.05) is 18.2 Å². The fourth-order valence-electron chi connectivity index (χ4n) is 2.85. The Hall–Kier alpha value is -2.73. The van der Waals surface area contributed by atoms with E-state index in [1.165, 1.54) is 12.1 Å². The lowest BCUT2D eigenvalue weighted by molar-refractivity contribution is -0.119. The van der Waals surface area contributed by atoms with Crippen LogP contribution in [0.2, 0.25) is 0 Å². The van der Waals surface area contributed by atoms with E-state index in [0.717, 1.165) is 22.0 Å². The van der Waals surface area contributed by atoms with Crippen LogP contribution in [0.5, 0.6) is 5.75 Å². The normalized spacial score (nSPS) is 10.7. The molecule has 0 aliphatic carbocycles. The summed E-state index contributed by atoms with van der Waals surface area (Å²) in [5.41, 5.74) is 2.56. The molecule has 0 aliphatic rings. The second-order valence-electron chi connectivity index (χ2n) is 6.53. The van der Waals surface area contributed by atoms with E-state index < -0.39 is 0 Å². The summed E-state index contributed by atoms with van der Waals surface area (Å²) < 4.78 is 19.1. The highest BCUT2D eigenvalue weighted by Gasteiger charge is 2.17. The Balaban J connectivity index is 1.62. The zero-order valence-corrected chi connectivity index (χ0v) is 16.8. The fourth-order valence-corrected chi connectivity index (χ4v) is 3.45. The van der Waals surface area contributed by atoms with Crippen LogP contribution in [0.3, 0.4) is 0 Å². The van der Waals surface area contributed by atoms with Crippen molar-refractivity contribution in [2.75, 3.05) is 11.5 Å². The van der Waals surface area contributed by atoms with Crippen molar-refractivity contribution in [1.82, 2.24) is 4.98 Å². The lowest BCUT2D eigenvalue weighted by Gasteiger charge is -2.22. The molecule has 0 atom stereocenters. The monoisotopic (exact) mass is 398 g/mol. The lowest BCUT2D eigenvalue weighted by atomic mass is 10.2. The maximum Gasteiger partial charge on any atom is 0.227 e. The van der Waals surface area contributed by atoms with Gasteiger partial charge in [0.05, 0.1) is 23.9 Å². The molecule has 0 saturated carbocycles. The van der Waals surface area contributed by atoms with Crippen LogP contribution in [0.1, 0.15) is 29.1 Å². The quantitative estimate of drug-likeness (QED) is 0.484. The molecular formula is C22H23FN2O2S. The van der Waals surface area contributed by atoms with Crippen LogP contribution in [-0.4, -0.2) is 17.5 Å². The first-order valence-electron chi connectivity index (χ1n) is 9.18. The number of hydrogen-bond donors (Lipinski definition) is 0. The average Bonchev–Trinajstić information content (AvgIpc) is 3.10. The van der Waals surface area contributed by atoms with Crippen LogP contribution in [0.4, 0.5) is 10.1 Å². The van der Waals surface area contributed by atoms with Gasteiger partial charge in [0.1, 0.15) is 11.6 Å². The number of carbonyl (C=O) groups is 1. The van der Waals surface area contributed by atoms with E-state index in [9.17, 15) is 9.18 Å². The summed E-state index contributed by atoms with van der Waals surface area (Å²) in [4.78, 5) is 19.0. The van der Waals surface area contributed by atoms with Crippen LogP contribution in [0.25, 0.3) is 0 Å². The highest BCUT2D eigenvalue weighted by Crippen LogP contribution is 2.21. The van der Waals surface area contributed by atoms with E-state index in [1.54, 1.807) is 28.4 Å². The van der Waals surface area contributed by atoms with Gasteiger partial charge in [0.15, 0.2) is 0 Å². The molecule has 0 unspecified atom stereocenters. The zero-order chi connectivity index (χ0) is 19.9. The fraction of sp³-hybridized carbons (Fsp3) is 0.273. The molecule has 6 heteroatoms. The van der Waals surface area contributed by atoms with Gasteiger partial charge in [0.2, 0.25) is 5.91 Å². The van der Waals surface area contributed by atoms with Gasteiger partial charge in [-0.25, -0.2) is 9.37 Å². The van der Waals surface area contributed by atoms with E-state index >= 15 is 0 Å². The minimum Gasteiger partial charge on any atom is -0.493 e. The Morgan fingerprint density at radius 2 is 1.89 bits per heavy atom. The smallest absolute Gasteiger partial charge is 0.227 e. The number of carbonyl (C=O) groups excluding carboxylic acids is 1. The van der Waals surface area contributed by atoms with Gasteiger partial charge in [-0.05, 0) is 56.2 Å². The van der Waals surface area contributed by atoms with Crippen molar-refractivity contribution in [3.63, 3.8) is 0 Å². The first-order valence-corrected chi connectivity index (χ1v) is 10.1. The molecule has 0 bridgehead atoms. The summed E-state index contributed by atoms with van der Waals surface area (Å²) in [6.07, 6.45) is 0.938. The average molecular weight is 399 g/mol. The number of aromatic nitrogens is 1. The first kappa shape index (κ1) is 20.0. The molecule has 4 nitrogen and oxygen atoms in total. The molecule has 1 amide bonds. The first-order chi connectivity index (χ1) is 13.5. The second-order valence-corrected chi connectivity index (χ2v) is 7.59. The number of rotatable bonds is 8. The molecule has 146 valence electrons. The molecule has 1 aromatic heterocycles.